The Morgan fingerprint density at radius 3 is 2.55 bits per heavy atom. The number of hydrogen-bond donors (Lipinski definition) is 1. The lowest BCUT2D eigenvalue weighted by atomic mass is 10.1. The summed E-state index contributed by atoms with van der Waals surface area (Å²) in [7, 11) is 0. The highest BCUT2D eigenvalue weighted by atomic mass is 19.1. The highest BCUT2D eigenvalue weighted by Crippen LogP contribution is 2.33. The summed E-state index contributed by atoms with van der Waals surface area (Å²) in [5, 5.41) is 7.09. The van der Waals surface area contributed by atoms with E-state index in [0.29, 0.717) is 35.1 Å². The number of benzene rings is 2. The highest BCUT2D eigenvalue weighted by molar-refractivity contribution is 5.75. The van der Waals surface area contributed by atoms with Gasteiger partial charge in [-0.2, -0.15) is 0 Å². The molecule has 3 aromatic rings. The van der Waals surface area contributed by atoms with Gasteiger partial charge in [-0.25, -0.2) is 9.18 Å². The van der Waals surface area contributed by atoms with Gasteiger partial charge in [0.25, 0.3) is 0 Å². The third-order valence-corrected chi connectivity index (χ3v) is 4.62. The predicted octanol–water partition coefficient (Wildman–Crippen LogP) is 4.72. The Hall–Kier alpha value is -3.55. The molecule has 2 amide bonds. The number of nitrogens with one attached hydrogen (secondary N) is 1. The van der Waals surface area contributed by atoms with Gasteiger partial charge in [-0.1, -0.05) is 11.2 Å². The van der Waals surface area contributed by atoms with Gasteiger partial charge in [0.05, 0.1) is 6.54 Å². The molecule has 0 spiro atoms. The average Bonchev–Trinajstić information content (AvgIpc) is 3.36. The van der Waals surface area contributed by atoms with Gasteiger partial charge in [0, 0.05) is 23.7 Å². The standard InChI is InChI=1S/C23H24FN3O4/c1-23(2,3)25-22(28)27(12-15-4-9-19-21(10-15)30-14-29-19)13-18-11-20(31-26-18)16-5-7-17(24)8-6-16/h4-11H,12-14H2,1-3H3,(H,25,28). The number of aromatic nitrogens is 1. The molecule has 1 N–H and O–H groups in total. The Balaban J connectivity index is 1.54. The number of fused-ring (bicyclic) bond motifs is 1. The maximum atomic E-state index is 13.2. The van der Waals surface area contributed by atoms with Crippen molar-refractivity contribution in [2.45, 2.75) is 39.4 Å². The Bertz CT molecular complexity index is 1070. The Morgan fingerprint density at radius 2 is 1.81 bits per heavy atom. The van der Waals surface area contributed by atoms with Gasteiger partial charge in [0.15, 0.2) is 17.3 Å². The zero-order valence-electron chi connectivity index (χ0n) is 17.6. The summed E-state index contributed by atoms with van der Waals surface area (Å²) in [6.07, 6.45) is 0. The number of carbonyl (C=O) groups excluding carboxylic acids is 1. The van der Waals surface area contributed by atoms with Crippen LogP contribution < -0.4 is 14.8 Å². The molecule has 0 aliphatic carbocycles. The Labute approximate surface area is 179 Å². The van der Waals surface area contributed by atoms with Crippen molar-refractivity contribution < 1.29 is 23.2 Å². The number of halogens is 1. The second-order valence-electron chi connectivity index (χ2n) is 8.41. The van der Waals surface area contributed by atoms with Gasteiger partial charge in [-0.3, -0.25) is 0 Å². The number of carbonyl (C=O) groups is 1. The first kappa shape index (κ1) is 20.7. The van der Waals surface area contributed by atoms with Crippen molar-refractivity contribution >= 4 is 6.03 Å². The van der Waals surface area contributed by atoms with E-state index in [1.54, 1.807) is 23.1 Å². The van der Waals surface area contributed by atoms with E-state index in [1.165, 1.54) is 12.1 Å². The number of nitrogens with zero attached hydrogens (tertiary/aromatic N) is 2. The maximum Gasteiger partial charge on any atom is 0.318 e. The first-order valence-corrected chi connectivity index (χ1v) is 9.94. The fraction of sp³-hybridized carbons (Fsp3) is 0.304. The molecule has 1 aliphatic rings. The molecule has 0 bridgehead atoms. The fourth-order valence-electron chi connectivity index (χ4n) is 3.19. The van der Waals surface area contributed by atoms with Crippen molar-refractivity contribution in [3.63, 3.8) is 0 Å². The van der Waals surface area contributed by atoms with Crippen molar-refractivity contribution in [2.24, 2.45) is 0 Å². The maximum absolute atomic E-state index is 13.2. The summed E-state index contributed by atoms with van der Waals surface area (Å²) >= 11 is 0. The molecule has 1 aromatic heterocycles. The van der Waals surface area contributed by atoms with Crippen LogP contribution in [0.15, 0.2) is 53.1 Å². The monoisotopic (exact) mass is 425 g/mol. The largest absolute Gasteiger partial charge is 0.454 e. The minimum atomic E-state index is -0.396. The van der Waals surface area contributed by atoms with E-state index in [4.69, 9.17) is 14.0 Å². The van der Waals surface area contributed by atoms with Gasteiger partial charge < -0.3 is 24.2 Å². The van der Waals surface area contributed by atoms with Crippen LogP contribution in [0.25, 0.3) is 11.3 Å². The zero-order valence-corrected chi connectivity index (χ0v) is 17.6. The molecule has 31 heavy (non-hydrogen) atoms. The fourth-order valence-corrected chi connectivity index (χ4v) is 3.19. The molecule has 0 radical (unpaired) electrons. The molecule has 0 fully saturated rings. The van der Waals surface area contributed by atoms with E-state index in [2.05, 4.69) is 10.5 Å². The number of hydrogen-bond acceptors (Lipinski definition) is 5. The van der Waals surface area contributed by atoms with Crippen molar-refractivity contribution in [3.05, 3.63) is 65.6 Å². The minimum Gasteiger partial charge on any atom is -0.454 e. The molecule has 2 heterocycles. The van der Waals surface area contributed by atoms with Crippen molar-refractivity contribution in [1.82, 2.24) is 15.4 Å². The first-order chi connectivity index (χ1) is 14.8. The summed E-state index contributed by atoms with van der Waals surface area (Å²) < 4.78 is 29.4. The van der Waals surface area contributed by atoms with Crippen LogP contribution in [-0.2, 0) is 13.1 Å². The molecule has 2 aromatic carbocycles. The number of rotatable bonds is 5. The van der Waals surface area contributed by atoms with Gasteiger partial charge in [0.1, 0.15) is 11.5 Å². The van der Waals surface area contributed by atoms with Crippen molar-refractivity contribution in [1.29, 1.82) is 0 Å². The summed E-state index contributed by atoms with van der Waals surface area (Å²) in [5.41, 5.74) is 1.80. The Kier molecular flexibility index (Phi) is 5.54. The first-order valence-electron chi connectivity index (χ1n) is 9.94. The second-order valence-corrected chi connectivity index (χ2v) is 8.41. The quantitative estimate of drug-likeness (QED) is 0.640. The van der Waals surface area contributed by atoms with Crippen LogP contribution in [0, 0.1) is 5.82 Å². The molecule has 4 rings (SSSR count). The highest BCUT2D eigenvalue weighted by Gasteiger charge is 2.23. The lowest BCUT2D eigenvalue weighted by Crippen LogP contribution is -2.48. The predicted molar refractivity (Wildman–Crippen MR) is 112 cm³/mol. The topological polar surface area (TPSA) is 76.8 Å². The van der Waals surface area contributed by atoms with Crippen LogP contribution in [0.1, 0.15) is 32.0 Å². The van der Waals surface area contributed by atoms with Gasteiger partial charge in [-0.05, 0) is 62.7 Å². The number of ether oxygens (including phenoxy) is 2. The van der Waals surface area contributed by atoms with Gasteiger partial charge in [0.2, 0.25) is 6.79 Å². The van der Waals surface area contributed by atoms with E-state index in [9.17, 15) is 9.18 Å². The molecule has 162 valence electrons. The molecule has 0 saturated heterocycles. The zero-order chi connectivity index (χ0) is 22.0. The molecule has 0 atom stereocenters. The lowest BCUT2D eigenvalue weighted by molar-refractivity contribution is 0.173. The number of amides is 2. The molecule has 1 aliphatic heterocycles. The van der Waals surface area contributed by atoms with E-state index in [-0.39, 0.29) is 25.2 Å². The molecular formula is C23H24FN3O4. The third kappa shape index (κ3) is 5.14. The molecular weight excluding hydrogens is 401 g/mol. The van der Waals surface area contributed by atoms with Crippen LogP contribution in [0.3, 0.4) is 0 Å². The Morgan fingerprint density at radius 1 is 1.06 bits per heavy atom. The van der Waals surface area contributed by atoms with Gasteiger partial charge in [-0.15, -0.1) is 0 Å². The van der Waals surface area contributed by atoms with Crippen LogP contribution >= 0.6 is 0 Å². The molecule has 7 nitrogen and oxygen atoms in total. The third-order valence-electron chi connectivity index (χ3n) is 4.62. The summed E-state index contributed by atoms with van der Waals surface area (Å²) in [6.45, 7) is 6.54. The summed E-state index contributed by atoms with van der Waals surface area (Å²) in [4.78, 5) is 14.6. The smallest absolute Gasteiger partial charge is 0.318 e. The SMILES string of the molecule is CC(C)(C)NC(=O)N(Cc1ccc2c(c1)OCO2)Cc1cc(-c2ccc(F)cc2)on1. The van der Waals surface area contributed by atoms with Crippen LogP contribution in [0.5, 0.6) is 11.5 Å². The van der Waals surface area contributed by atoms with E-state index in [1.807, 2.05) is 39.0 Å². The van der Waals surface area contributed by atoms with Gasteiger partial charge >= 0.3 is 6.03 Å². The van der Waals surface area contributed by atoms with Crippen molar-refractivity contribution in [2.75, 3.05) is 6.79 Å². The summed E-state index contributed by atoms with van der Waals surface area (Å²) in [5.74, 6) is 1.54. The van der Waals surface area contributed by atoms with E-state index < -0.39 is 5.54 Å². The van der Waals surface area contributed by atoms with Crippen LogP contribution in [-0.4, -0.2) is 28.4 Å². The van der Waals surface area contributed by atoms with Crippen LogP contribution in [0.2, 0.25) is 0 Å². The summed E-state index contributed by atoms with van der Waals surface area (Å²) in [6, 6.07) is 13.1. The minimum absolute atomic E-state index is 0.193. The van der Waals surface area contributed by atoms with E-state index >= 15 is 0 Å². The lowest BCUT2D eigenvalue weighted by Gasteiger charge is -2.28. The normalized spacial score (nSPS) is 12.6. The molecule has 0 saturated carbocycles. The van der Waals surface area contributed by atoms with Crippen LogP contribution in [0.4, 0.5) is 9.18 Å². The van der Waals surface area contributed by atoms with E-state index in [0.717, 1.165) is 5.56 Å². The molecule has 0 unspecified atom stereocenters. The van der Waals surface area contributed by atoms with Crippen molar-refractivity contribution in [3.8, 4) is 22.8 Å². The average molecular weight is 425 g/mol. The number of urea groups is 1. The second kappa shape index (κ2) is 8.29. The molecule has 8 heteroatoms.